The Morgan fingerprint density at radius 1 is 0.938 bits per heavy atom. The van der Waals surface area contributed by atoms with Crippen molar-refractivity contribution in [2.75, 3.05) is 0 Å². The summed E-state index contributed by atoms with van der Waals surface area (Å²) in [7, 11) is -1.11. The van der Waals surface area contributed by atoms with Crippen LogP contribution in [0, 0.1) is 5.41 Å². The Kier molecular flexibility index (Phi) is 1.86. The predicted molar refractivity (Wildman–Crippen MR) is 73.1 cm³/mol. The summed E-state index contributed by atoms with van der Waals surface area (Å²) in [4.78, 5) is 0. The van der Waals surface area contributed by atoms with E-state index in [-0.39, 0.29) is 0 Å². The Balaban J connectivity index is 1.84. The Labute approximate surface area is 100 Å². The van der Waals surface area contributed by atoms with Crippen molar-refractivity contribution in [3.05, 3.63) is 29.8 Å². The summed E-state index contributed by atoms with van der Waals surface area (Å²) in [6, 6.07) is 9.60. The molecule has 1 heteroatoms. The van der Waals surface area contributed by atoms with Crippen LogP contribution in [0.3, 0.4) is 0 Å². The molecule has 86 valence electrons. The molecule has 3 aliphatic carbocycles. The van der Waals surface area contributed by atoms with Crippen LogP contribution in [0.1, 0.15) is 31.7 Å². The third kappa shape index (κ3) is 1.34. The molecular weight excluding hydrogens is 208 g/mol. The molecular formula is C15H22Si. The predicted octanol–water partition coefficient (Wildman–Crippen LogP) is 3.67. The summed E-state index contributed by atoms with van der Waals surface area (Å²) in [6.07, 6.45) is 4.31. The van der Waals surface area contributed by atoms with Crippen molar-refractivity contribution in [1.29, 1.82) is 0 Å². The monoisotopic (exact) mass is 230 g/mol. The van der Waals surface area contributed by atoms with Gasteiger partial charge in [0.25, 0.3) is 0 Å². The highest BCUT2D eigenvalue weighted by atomic mass is 28.3. The van der Waals surface area contributed by atoms with Gasteiger partial charge in [0, 0.05) is 0 Å². The molecule has 0 nitrogen and oxygen atoms in total. The van der Waals surface area contributed by atoms with Crippen LogP contribution in [0.15, 0.2) is 24.3 Å². The summed E-state index contributed by atoms with van der Waals surface area (Å²) < 4.78 is 0. The van der Waals surface area contributed by atoms with Gasteiger partial charge in [-0.25, -0.2) is 0 Å². The second-order valence-corrected chi connectivity index (χ2v) is 12.5. The third-order valence-corrected chi connectivity index (χ3v) is 6.72. The average molecular weight is 230 g/mol. The van der Waals surface area contributed by atoms with Crippen molar-refractivity contribution in [1.82, 2.24) is 0 Å². The zero-order valence-electron chi connectivity index (χ0n) is 10.9. The van der Waals surface area contributed by atoms with Crippen molar-refractivity contribution in [3.8, 4) is 0 Å². The van der Waals surface area contributed by atoms with Gasteiger partial charge in [0.05, 0.1) is 8.07 Å². The lowest BCUT2D eigenvalue weighted by Crippen LogP contribution is -2.62. The molecule has 4 rings (SSSR count). The van der Waals surface area contributed by atoms with Gasteiger partial charge in [-0.1, -0.05) is 56.0 Å². The van der Waals surface area contributed by atoms with Crippen LogP contribution in [0.4, 0.5) is 0 Å². The molecule has 0 unspecified atom stereocenters. The second kappa shape index (κ2) is 2.81. The minimum Gasteiger partial charge on any atom is -0.0656 e. The quantitative estimate of drug-likeness (QED) is 0.680. The maximum absolute atomic E-state index is 2.44. The van der Waals surface area contributed by atoms with E-state index in [1.165, 1.54) is 19.3 Å². The lowest BCUT2D eigenvalue weighted by atomic mass is 9.34. The van der Waals surface area contributed by atoms with Gasteiger partial charge in [-0.15, -0.1) is 0 Å². The van der Waals surface area contributed by atoms with Crippen LogP contribution < -0.4 is 5.19 Å². The molecule has 0 amide bonds. The topological polar surface area (TPSA) is 0 Å². The largest absolute Gasteiger partial charge is 0.0775 e. The zero-order chi connectivity index (χ0) is 11.6. The fourth-order valence-electron chi connectivity index (χ4n) is 3.93. The number of hydrogen-bond donors (Lipinski definition) is 0. The SMILES string of the molecule is CC12CC(c3ccc([Si](C)(C)C)cc3)(C1)C2. The minimum absolute atomic E-state index is 0.604. The first-order valence-corrected chi connectivity index (χ1v) is 9.94. The molecule has 1 aromatic carbocycles. The molecule has 3 aliphatic rings. The van der Waals surface area contributed by atoms with Gasteiger partial charge < -0.3 is 0 Å². The summed E-state index contributed by atoms with van der Waals surface area (Å²) in [5, 5.41) is 1.59. The van der Waals surface area contributed by atoms with E-state index in [1.54, 1.807) is 10.8 Å². The fourth-order valence-corrected chi connectivity index (χ4v) is 5.09. The first kappa shape index (κ1) is 10.6. The summed E-state index contributed by atoms with van der Waals surface area (Å²) in [6.45, 7) is 9.70. The number of hydrogen-bond acceptors (Lipinski definition) is 0. The molecule has 0 heterocycles. The van der Waals surface area contributed by atoms with E-state index in [0.717, 1.165) is 5.41 Å². The molecule has 1 aromatic rings. The second-order valence-electron chi connectivity index (χ2n) is 7.45. The van der Waals surface area contributed by atoms with Gasteiger partial charge >= 0.3 is 0 Å². The van der Waals surface area contributed by atoms with E-state index in [4.69, 9.17) is 0 Å². The molecule has 0 aliphatic heterocycles. The maximum atomic E-state index is 2.44. The molecule has 3 fully saturated rings. The highest BCUT2D eigenvalue weighted by Gasteiger charge is 2.65. The Hall–Kier alpha value is -0.563. The van der Waals surface area contributed by atoms with Crippen molar-refractivity contribution >= 4 is 13.3 Å². The lowest BCUT2D eigenvalue weighted by Gasteiger charge is -2.70. The Morgan fingerprint density at radius 3 is 1.81 bits per heavy atom. The van der Waals surface area contributed by atoms with E-state index < -0.39 is 8.07 Å². The van der Waals surface area contributed by atoms with Gasteiger partial charge in [0.1, 0.15) is 0 Å². The Bertz CT molecular complexity index is 402. The summed E-state index contributed by atoms with van der Waals surface area (Å²) in [5.41, 5.74) is 2.93. The van der Waals surface area contributed by atoms with Gasteiger partial charge in [0.15, 0.2) is 0 Å². The molecule has 16 heavy (non-hydrogen) atoms. The first-order valence-electron chi connectivity index (χ1n) is 6.44. The zero-order valence-corrected chi connectivity index (χ0v) is 11.9. The Morgan fingerprint density at radius 2 is 1.44 bits per heavy atom. The van der Waals surface area contributed by atoms with Gasteiger partial charge in [0.2, 0.25) is 0 Å². The van der Waals surface area contributed by atoms with Gasteiger partial charge in [-0.05, 0) is 35.7 Å². The molecule has 2 bridgehead atoms. The summed E-state index contributed by atoms with van der Waals surface area (Å²) in [5.74, 6) is 0. The summed E-state index contributed by atoms with van der Waals surface area (Å²) >= 11 is 0. The molecule has 3 saturated carbocycles. The molecule has 0 radical (unpaired) electrons. The van der Waals surface area contributed by atoms with Crippen LogP contribution in [0.25, 0.3) is 0 Å². The minimum atomic E-state index is -1.11. The van der Waals surface area contributed by atoms with Gasteiger partial charge in [-0.2, -0.15) is 0 Å². The van der Waals surface area contributed by atoms with Crippen LogP contribution in [-0.2, 0) is 5.41 Å². The normalized spacial score (nSPS) is 36.5. The van der Waals surface area contributed by atoms with Crippen molar-refractivity contribution in [3.63, 3.8) is 0 Å². The van der Waals surface area contributed by atoms with Crippen molar-refractivity contribution in [2.45, 2.75) is 51.2 Å². The lowest BCUT2D eigenvalue weighted by molar-refractivity contribution is -0.125. The van der Waals surface area contributed by atoms with E-state index >= 15 is 0 Å². The van der Waals surface area contributed by atoms with Gasteiger partial charge in [-0.3, -0.25) is 0 Å². The van der Waals surface area contributed by atoms with E-state index in [1.807, 2.05) is 0 Å². The highest BCUT2D eigenvalue weighted by molar-refractivity contribution is 6.88. The molecule has 0 atom stereocenters. The van der Waals surface area contributed by atoms with Crippen molar-refractivity contribution in [2.24, 2.45) is 5.41 Å². The van der Waals surface area contributed by atoms with Crippen LogP contribution in [0.2, 0.25) is 19.6 Å². The first-order chi connectivity index (χ1) is 7.33. The van der Waals surface area contributed by atoms with E-state index in [2.05, 4.69) is 50.8 Å². The highest BCUT2D eigenvalue weighted by Crippen LogP contribution is 2.73. The van der Waals surface area contributed by atoms with E-state index in [9.17, 15) is 0 Å². The fraction of sp³-hybridized carbons (Fsp3) is 0.600. The standard InChI is InChI=1S/C15H22Si/c1-14-9-15(10-14,11-14)12-5-7-13(8-6-12)16(2,3)4/h5-8H,9-11H2,1-4H3. The smallest absolute Gasteiger partial charge is 0.0656 e. The maximum Gasteiger partial charge on any atom is 0.0775 e. The molecule has 0 saturated heterocycles. The number of rotatable bonds is 2. The van der Waals surface area contributed by atoms with E-state index in [0.29, 0.717) is 5.41 Å². The average Bonchev–Trinajstić information content (AvgIpc) is 2.10. The molecule has 0 N–H and O–H groups in total. The van der Waals surface area contributed by atoms with Crippen LogP contribution >= 0.6 is 0 Å². The molecule has 0 spiro atoms. The molecule has 0 aromatic heterocycles. The van der Waals surface area contributed by atoms with Crippen molar-refractivity contribution < 1.29 is 0 Å². The number of benzene rings is 1. The third-order valence-electron chi connectivity index (χ3n) is 4.66. The van der Waals surface area contributed by atoms with Crippen LogP contribution in [0.5, 0.6) is 0 Å². The van der Waals surface area contributed by atoms with Crippen LogP contribution in [-0.4, -0.2) is 8.07 Å².